The van der Waals surface area contributed by atoms with Crippen LogP contribution in [0.3, 0.4) is 0 Å². The maximum atomic E-state index is 12.5. The number of rotatable bonds is 5. The van der Waals surface area contributed by atoms with Crippen molar-refractivity contribution in [3.05, 3.63) is 35.4 Å². The third-order valence-corrected chi connectivity index (χ3v) is 4.57. The number of carbonyl (C=O) groups is 1. The highest BCUT2D eigenvalue weighted by Crippen LogP contribution is 2.30. The molecule has 1 amide bonds. The van der Waals surface area contributed by atoms with Crippen molar-refractivity contribution in [2.45, 2.75) is 71.6 Å². The molecule has 0 radical (unpaired) electrons. The van der Waals surface area contributed by atoms with E-state index >= 15 is 0 Å². The van der Waals surface area contributed by atoms with E-state index in [9.17, 15) is 4.79 Å². The Bertz CT molecular complexity index is 476. The van der Waals surface area contributed by atoms with E-state index in [-0.39, 0.29) is 18.1 Å². The van der Waals surface area contributed by atoms with Gasteiger partial charge in [0.1, 0.15) is 6.17 Å². The van der Waals surface area contributed by atoms with Gasteiger partial charge in [0.05, 0.1) is 6.04 Å². The first kappa shape index (κ1) is 16.0. The van der Waals surface area contributed by atoms with Crippen LogP contribution in [0.2, 0.25) is 0 Å². The molecule has 0 saturated carbocycles. The first-order chi connectivity index (χ1) is 9.99. The van der Waals surface area contributed by atoms with Crippen molar-refractivity contribution in [3.8, 4) is 0 Å². The van der Waals surface area contributed by atoms with Gasteiger partial charge in [0.2, 0.25) is 5.91 Å². The van der Waals surface area contributed by atoms with E-state index in [2.05, 4.69) is 62.2 Å². The van der Waals surface area contributed by atoms with Crippen LogP contribution in [0.1, 0.15) is 70.7 Å². The highest BCUT2D eigenvalue weighted by Gasteiger charge is 2.39. The lowest BCUT2D eigenvalue weighted by Crippen LogP contribution is -2.39. The van der Waals surface area contributed by atoms with Crippen molar-refractivity contribution in [1.82, 2.24) is 10.2 Å². The fraction of sp³-hybridized carbons (Fsp3) is 0.611. The second-order valence-electron chi connectivity index (χ2n) is 6.33. The van der Waals surface area contributed by atoms with E-state index < -0.39 is 0 Å². The zero-order chi connectivity index (χ0) is 15.6. The van der Waals surface area contributed by atoms with Crippen LogP contribution in [-0.2, 0) is 4.79 Å². The maximum absolute atomic E-state index is 12.5. The lowest BCUT2D eigenvalue weighted by Gasteiger charge is -2.32. The Hall–Kier alpha value is -1.35. The quantitative estimate of drug-likeness (QED) is 0.893. The van der Waals surface area contributed by atoms with Crippen LogP contribution in [-0.4, -0.2) is 22.9 Å². The molecule has 2 rings (SSSR count). The number of hydrogen-bond donors (Lipinski definition) is 1. The number of hydrogen-bond acceptors (Lipinski definition) is 2. The lowest BCUT2D eigenvalue weighted by atomic mass is 10.00. The first-order valence-corrected chi connectivity index (χ1v) is 8.17. The molecule has 1 heterocycles. The summed E-state index contributed by atoms with van der Waals surface area (Å²) in [5.41, 5.74) is 2.52. The predicted molar refractivity (Wildman–Crippen MR) is 87.1 cm³/mol. The summed E-state index contributed by atoms with van der Waals surface area (Å²) >= 11 is 0. The molecule has 1 fully saturated rings. The molecule has 2 atom stereocenters. The average molecular weight is 288 g/mol. The maximum Gasteiger partial charge on any atom is 0.241 e. The SMILES string of the molecule is CCC(CC)N1C(=O)C(C)NC1c1ccc(C(C)C)cc1. The monoisotopic (exact) mass is 288 g/mol. The van der Waals surface area contributed by atoms with Crippen LogP contribution in [0.15, 0.2) is 24.3 Å². The Labute approximate surface area is 128 Å². The molecule has 0 spiro atoms. The molecule has 1 aromatic carbocycles. The largest absolute Gasteiger partial charge is 0.319 e. The van der Waals surface area contributed by atoms with E-state index in [1.54, 1.807) is 0 Å². The van der Waals surface area contributed by atoms with E-state index in [1.807, 2.05) is 6.92 Å². The summed E-state index contributed by atoms with van der Waals surface area (Å²) < 4.78 is 0. The molecular formula is C18H28N2O. The second kappa shape index (κ2) is 6.61. The van der Waals surface area contributed by atoms with Crippen LogP contribution in [0.25, 0.3) is 0 Å². The third-order valence-electron chi connectivity index (χ3n) is 4.57. The topological polar surface area (TPSA) is 32.3 Å². The Morgan fingerprint density at radius 2 is 1.71 bits per heavy atom. The molecule has 1 saturated heterocycles. The highest BCUT2D eigenvalue weighted by atomic mass is 16.2. The summed E-state index contributed by atoms with van der Waals surface area (Å²) in [5.74, 6) is 0.757. The molecule has 21 heavy (non-hydrogen) atoms. The number of nitrogens with one attached hydrogen (secondary N) is 1. The van der Waals surface area contributed by atoms with Gasteiger partial charge in [0.25, 0.3) is 0 Å². The molecule has 1 N–H and O–H groups in total. The van der Waals surface area contributed by atoms with Crippen LogP contribution in [0.4, 0.5) is 0 Å². The average Bonchev–Trinajstić information content (AvgIpc) is 2.77. The zero-order valence-corrected chi connectivity index (χ0v) is 13.9. The van der Waals surface area contributed by atoms with Gasteiger partial charge in [0, 0.05) is 6.04 Å². The standard InChI is InChI=1S/C18H28N2O/c1-6-16(7-2)20-17(19-13(5)18(20)21)15-10-8-14(9-11-15)12(3)4/h8-13,16-17,19H,6-7H2,1-5H3. The van der Waals surface area contributed by atoms with E-state index in [4.69, 9.17) is 0 Å². The van der Waals surface area contributed by atoms with Crippen LogP contribution in [0, 0.1) is 0 Å². The minimum Gasteiger partial charge on any atom is -0.319 e. The van der Waals surface area contributed by atoms with E-state index in [1.165, 1.54) is 11.1 Å². The van der Waals surface area contributed by atoms with Gasteiger partial charge in [-0.15, -0.1) is 0 Å². The highest BCUT2D eigenvalue weighted by molar-refractivity contribution is 5.84. The van der Waals surface area contributed by atoms with Gasteiger partial charge in [-0.3, -0.25) is 10.1 Å². The van der Waals surface area contributed by atoms with E-state index in [0.29, 0.717) is 12.0 Å². The number of nitrogens with zero attached hydrogens (tertiary/aromatic N) is 1. The van der Waals surface area contributed by atoms with Crippen molar-refractivity contribution in [2.24, 2.45) is 0 Å². The smallest absolute Gasteiger partial charge is 0.241 e. The van der Waals surface area contributed by atoms with Crippen LogP contribution >= 0.6 is 0 Å². The molecule has 3 heteroatoms. The van der Waals surface area contributed by atoms with Crippen molar-refractivity contribution < 1.29 is 4.79 Å². The Balaban J connectivity index is 2.29. The van der Waals surface area contributed by atoms with Gasteiger partial charge in [-0.1, -0.05) is 52.0 Å². The fourth-order valence-corrected chi connectivity index (χ4v) is 3.13. The lowest BCUT2D eigenvalue weighted by molar-refractivity contribution is -0.132. The molecular weight excluding hydrogens is 260 g/mol. The molecule has 1 aliphatic heterocycles. The Morgan fingerprint density at radius 1 is 1.14 bits per heavy atom. The van der Waals surface area contributed by atoms with Crippen molar-refractivity contribution >= 4 is 5.91 Å². The summed E-state index contributed by atoms with van der Waals surface area (Å²) in [6.45, 7) is 10.7. The van der Waals surface area contributed by atoms with Crippen molar-refractivity contribution in [1.29, 1.82) is 0 Å². The second-order valence-corrected chi connectivity index (χ2v) is 6.33. The number of carbonyl (C=O) groups excluding carboxylic acids is 1. The molecule has 2 unspecified atom stereocenters. The summed E-state index contributed by atoms with van der Waals surface area (Å²) in [6.07, 6.45) is 2.01. The molecule has 0 aromatic heterocycles. The van der Waals surface area contributed by atoms with E-state index in [0.717, 1.165) is 12.8 Å². The molecule has 3 nitrogen and oxygen atoms in total. The van der Waals surface area contributed by atoms with Crippen LogP contribution in [0.5, 0.6) is 0 Å². The fourth-order valence-electron chi connectivity index (χ4n) is 3.13. The van der Waals surface area contributed by atoms with Gasteiger partial charge >= 0.3 is 0 Å². The summed E-state index contributed by atoms with van der Waals surface area (Å²) in [5, 5.41) is 3.44. The van der Waals surface area contributed by atoms with Crippen LogP contribution < -0.4 is 5.32 Å². The Morgan fingerprint density at radius 3 is 2.19 bits per heavy atom. The third kappa shape index (κ3) is 3.13. The number of amides is 1. The summed E-state index contributed by atoms with van der Waals surface area (Å²) in [4.78, 5) is 14.5. The molecule has 1 aromatic rings. The summed E-state index contributed by atoms with van der Waals surface area (Å²) in [6, 6.07) is 8.90. The van der Waals surface area contributed by atoms with Gasteiger partial charge in [-0.2, -0.15) is 0 Å². The summed E-state index contributed by atoms with van der Waals surface area (Å²) in [7, 11) is 0. The molecule has 1 aliphatic rings. The first-order valence-electron chi connectivity index (χ1n) is 8.17. The predicted octanol–water partition coefficient (Wildman–Crippen LogP) is 3.82. The number of benzene rings is 1. The molecule has 116 valence electrons. The van der Waals surface area contributed by atoms with Crippen molar-refractivity contribution in [3.63, 3.8) is 0 Å². The zero-order valence-electron chi connectivity index (χ0n) is 13.9. The van der Waals surface area contributed by atoms with Gasteiger partial charge in [0.15, 0.2) is 0 Å². The normalized spacial score (nSPS) is 22.6. The van der Waals surface area contributed by atoms with Crippen molar-refractivity contribution in [2.75, 3.05) is 0 Å². The Kier molecular flexibility index (Phi) is 5.04. The van der Waals surface area contributed by atoms with Gasteiger partial charge in [-0.05, 0) is 36.8 Å². The minimum atomic E-state index is -0.0969. The molecule has 0 aliphatic carbocycles. The molecule has 0 bridgehead atoms. The van der Waals surface area contributed by atoms with Gasteiger partial charge < -0.3 is 4.90 Å². The minimum absolute atomic E-state index is 0.0126. The van der Waals surface area contributed by atoms with Gasteiger partial charge in [-0.25, -0.2) is 0 Å².